The predicted molar refractivity (Wildman–Crippen MR) is 78.1 cm³/mol. The predicted octanol–water partition coefficient (Wildman–Crippen LogP) is 1.62. The molecule has 0 aromatic carbocycles. The van der Waals surface area contributed by atoms with Gasteiger partial charge >= 0.3 is 6.01 Å². The van der Waals surface area contributed by atoms with E-state index in [1.165, 1.54) is 14.2 Å². The Labute approximate surface area is 124 Å². The molecule has 3 rings (SSSR count). The third kappa shape index (κ3) is 2.39. The van der Waals surface area contributed by atoms with E-state index < -0.39 is 9.84 Å². The Hall–Kier alpha value is -1.63. The van der Waals surface area contributed by atoms with Crippen molar-refractivity contribution in [3.63, 3.8) is 0 Å². The molecular weight excluding hydrogens is 292 g/mol. The van der Waals surface area contributed by atoms with Gasteiger partial charge in [-0.15, -0.1) is 0 Å². The third-order valence-corrected chi connectivity index (χ3v) is 6.74. The topological polar surface area (TPSA) is 78.4 Å². The van der Waals surface area contributed by atoms with E-state index >= 15 is 0 Å². The van der Waals surface area contributed by atoms with Gasteiger partial charge in [0.1, 0.15) is 0 Å². The molecular formula is C14H18N2O4S. The molecule has 1 saturated heterocycles. The quantitative estimate of drug-likeness (QED) is 0.844. The Morgan fingerprint density at radius 2 is 2.05 bits per heavy atom. The number of sulfone groups is 1. The summed E-state index contributed by atoms with van der Waals surface area (Å²) in [7, 11) is 0.00379. The molecule has 1 aromatic heterocycles. The molecule has 0 aliphatic carbocycles. The fourth-order valence-electron chi connectivity index (χ4n) is 3.08. The SMILES string of the molecule is COc1ncc(C2=CC3CCCC(C2)S3(=O)=O)c(OC)n1. The first kappa shape index (κ1) is 14.3. The Balaban J connectivity index is 2.04. The average Bonchev–Trinajstić information content (AvgIpc) is 2.45. The fraction of sp³-hybridized carbons (Fsp3) is 0.571. The normalized spacial score (nSPS) is 26.9. The number of aromatic nitrogens is 2. The first-order chi connectivity index (χ1) is 10.1. The zero-order chi connectivity index (χ0) is 15.0. The van der Waals surface area contributed by atoms with Crippen LogP contribution < -0.4 is 9.47 Å². The van der Waals surface area contributed by atoms with Crippen LogP contribution in [0.5, 0.6) is 11.9 Å². The van der Waals surface area contributed by atoms with Crippen molar-refractivity contribution in [3.05, 3.63) is 17.8 Å². The summed E-state index contributed by atoms with van der Waals surface area (Å²) >= 11 is 0. The van der Waals surface area contributed by atoms with E-state index in [1.807, 2.05) is 6.08 Å². The lowest BCUT2D eigenvalue weighted by atomic mass is 9.94. The highest BCUT2D eigenvalue weighted by Crippen LogP contribution is 2.40. The highest BCUT2D eigenvalue weighted by molar-refractivity contribution is 7.93. The maximum Gasteiger partial charge on any atom is 0.319 e. The summed E-state index contributed by atoms with van der Waals surface area (Å²) in [6.07, 6.45) is 6.39. The van der Waals surface area contributed by atoms with Crippen molar-refractivity contribution in [1.29, 1.82) is 0 Å². The molecule has 0 amide bonds. The molecule has 6 nitrogen and oxygen atoms in total. The number of ether oxygens (including phenoxy) is 2. The van der Waals surface area contributed by atoms with Crippen molar-refractivity contribution in [1.82, 2.24) is 9.97 Å². The van der Waals surface area contributed by atoms with Crippen LogP contribution in [0.1, 0.15) is 31.2 Å². The third-order valence-electron chi connectivity index (χ3n) is 4.19. The molecule has 0 radical (unpaired) electrons. The lowest BCUT2D eigenvalue weighted by molar-refractivity contribution is 0.351. The van der Waals surface area contributed by atoms with Gasteiger partial charge in [0.15, 0.2) is 9.84 Å². The van der Waals surface area contributed by atoms with Crippen LogP contribution in [0.3, 0.4) is 0 Å². The van der Waals surface area contributed by atoms with E-state index in [-0.39, 0.29) is 16.5 Å². The van der Waals surface area contributed by atoms with Gasteiger partial charge in [0, 0.05) is 6.20 Å². The Morgan fingerprint density at radius 3 is 2.71 bits per heavy atom. The molecule has 7 heteroatoms. The Kier molecular flexibility index (Phi) is 3.61. The van der Waals surface area contributed by atoms with Crippen molar-refractivity contribution < 1.29 is 17.9 Å². The molecule has 2 unspecified atom stereocenters. The second-order valence-corrected chi connectivity index (χ2v) is 7.81. The number of fused-ring (bicyclic) bond motifs is 2. The summed E-state index contributed by atoms with van der Waals surface area (Å²) in [4.78, 5) is 8.28. The highest BCUT2D eigenvalue weighted by Gasteiger charge is 2.41. The Bertz CT molecular complexity index is 684. The van der Waals surface area contributed by atoms with E-state index in [0.29, 0.717) is 18.7 Å². The fourth-order valence-corrected chi connectivity index (χ4v) is 5.33. The minimum atomic E-state index is -3.02. The number of nitrogens with zero attached hydrogens (tertiary/aromatic N) is 2. The molecule has 1 aromatic rings. The van der Waals surface area contributed by atoms with Gasteiger partial charge in [-0.05, 0) is 24.8 Å². The van der Waals surface area contributed by atoms with Crippen molar-refractivity contribution >= 4 is 15.4 Å². The maximum atomic E-state index is 12.3. The van der Waals surface area contributed by atoms with Gasteiger partial charge in [0.05, 0.1) is 30.3 Å². The van der Waals surface area contributed by atoms with Crippen LogP contribution in [0.4, 0.5) is 0 Å². The van der Waals surface area contributed by atoms with Crippen LogP contribution in [-0.4, -0.2) is 43.1 Å². The lowest BCUT2D eigenvalue weighted by Gasteiger charge is -2.33. The van der Waals surface area contributed by atoms with Gasteiger partial charge in [-0.25, -0.2) is 13.4 Å². The van der Waals surface area contributed by atoms with Gasteiger partial charge in [0.2, 0.25) is 5.88 Å². The van der Waals surface area contributed by atoms with Crippen molar-refractivity contribution in [3.8, 4) is 11.9 Å². The molecule has 0 spiro atoms. The van der Waals surface area contributed by atoms with Crippen molar-refractivity contribution in [2.75, 3.05) is 14.2 Å². The van der Waals surface area contributed by atoms with Crippen LogP contribution in [0, 0.1) is 0 Å². The van der Waals surface area contributed by atoms with E-state index in [9.17, 15) is 8.42 Å². The highest BCUT2D eigenvalue weighted by atomic mass is 32.2. The van der Waals surface area contributed by atoms with Crippen LogP contribution in [0.15, 0.2) is 12.3 Å². The van der Waals surface area contributed by atoms with Gasteiger partial charge in [-0.1, -0.05) is 12.5 Å². The summed E-state index contributed by atoms with van der Waals surface area (Å²) in [6.45, 7) is 0. The van der Waals surface area contributed by atoms with Gasteiger partial charge < -0.3 is 9.47 Å². The zero-order valence-electron chi connectivity index (χ0n) is 12.1. The average molecular weight is 310 g/mol. The molecule has 21 heavy (non-hydrogen) atoms. The van der Waals surface area contributed by atoms with E-state index in [1.54, 1.807) is 6.20 Å². The molecule has 114 valence electrons. The van der Waals surface area contributed by atoms with Gasteiger partial charge in [0.25, 0.3) is 0 Å². The van der Waals surface area contributed by atoms with Crippen molar-refractivity contribution in [2.24, 2.45) is 0 Å². The monoisotopic (exact) mass is 310 g/mol. The van der Waals surface area contributed by atoms with Crippen LogP contribution in [-0.2, 0) is 9.84 Å². The first-order valence-electron chi connectivity index (χ1n) is 6.95. The second-order valence-electron chi connectivity index (χ2n) is 5.36. The number of allylic oxidation sites excluding steroid dienone is 1. The maximum absolute atomic E-state index is 12.3. The number of hydrogen-bond donors (Lipinski definition) is 0. The minimum absolute atomic E-state index is 0.236. The molecule has 3 heterocycles. The van der Waals surface area contributed by atoms with Crippen LogP contribution in [0.2, 0.25) is 0 Å². The molecule has 2 atom stereocenters. The standard InChI is InChI=1S/C14H18N2O4S/c1-19-13-12(8-15-14(16-13)20-2)9-6-10-4-3-5-11(7-9)21(10,17)18/h6,8,10-11H,3-5,7H2,1-2H3. The van der Waals surface area contributed by atoms with Gasteiger partial charge in [-0.2, -0.15) is 4.98 Å². The smallest absolute Gasteiger partial charge is 0.319 e. The second kappa shape index (κ2) is 5.29. The van der Waals surface area contributed by atoms with Crippen molar-refractivity contribution in [2.45, 2.75) is 36.2 Å². The van der Waals surface area contributed by atoms with E-state index in [4.69, 9.17) is 9.47 Å². The molecule has 0 saturated carbocycles. The van der Waals surface area contributed by atoms with E-state index in [0.717, 1.165) is 24.0 Å². The molecule has 2 aliphatic heterocycles. The van der Waals surface area contributed by atoms with Crippen LogP contribution in [0.25, 0.3) is 5.57 Å². The molecule has 1 fully saturated rings. The number of rotatable bonds is 3. The Morgan fingerprint density at radius 1 is 1.24 bits per heavy atom. The summed E-state index contributed by atoms with van der Waals surface area (Å²) in [5.41, 5.74) is 1.71. The largest absolute Gasteiger partial charge is 0.480 e. The molecule has 2 aliphatic rings. The lowest BCUT2D eigenvalue weighted by Crippen LogP contribution is -2.38. The first-order valence-corrected chi connectivity index (χ1v) is 8.56. The summed E-state index contributed by atoms with van der Waals surface area (Å²) in [6, 6.07) is 0.236. The van der Waals surface area contributed by atoms with Crippen LogP contribution >= 0.6 is 0 Å². The number of hydrogen-bond acceptors (Lipinski definition) is 6. The summed E-state index contributed by atoms with van der Waals surface area (Å²) < 4.78 is 34.9. The summed E-state index contributed by atoms with van der Waals surface area (Å²) in [5, 5.41) is -0.671. The molecule has 2 bridgehead atoms. The van der Waals surface area contributed by atoms with Gasteiger partial charge in [-0.3, -0.25) is 0 Å². The van der Waals surface area contributed by atoms with E-state index in [2.05, 4.69) is 9.97 Å². The molecule has 0 N–H and O–H groups in total. The minimum Gasteiger partial charge on any atom is -0.480 e. The zero-order valence-corrected chi connectivity index (χ0v) is 12.9. The summed E-state index contributed by atoms with van der Waals surface area (Å²) in [5.74, 6) is 0.422. The number of methoxy groups -OCH3 is 2.